The standard InChI is InChI=1S/C15H17N3O3S/c16-22(20,21)10-12-6-15(19)18(9-12)8-11-5-13-3-1-2-4-14(13)17-7-11/h1-5,7,12H,6,8-10H2,(H2,16,20,21). The zero-order valence-corrected chi connectivity index (χ0v) is 12.8. The number of amides is 1. The molecule has 1 aliphatic rings. The Labute approximate surface area is 129 Å². The van der Waals surface area contributed by atoms with E-state index in [4.69, 9.17) is 5.14 Å². The van der Waals surface area contributed by atoms with Crippen LogP contribution in [0.3, 0.4) is 0 Å². The lowest BCUT2D eigenvalue weighted by atomic mass is 10.1. The molecule has 1 amide bonds. The molecule has 1 fully saturated rings. The van der Waals surface area contributed by atoms with Crippen LogP contribution in [0.15, 0.2) is 36.5 Å². The van der Waals surface area contributed by atoms with Crippen LogP contribution < -0.4 is 5.14 Å². The summed E-state index contributed by atoms with van der Waals surface area (Å²) in [7, 11) is -3.55. The highest BCUT2D eigenvalue weighted by atomic mass is 32.2. The van der Waals surface area contributed by atoms with Gasteiger partial charge < -0.3 is 4.90 Å². The third-order valence-electron chi connectivity index (χ3n) is 3.78. The Kier molecular flexibility index (Phi) is 3.84. The second kappa shape index (κ2) is 5.66. The summed E-state index contributed by atoms with van der Waals surface area (Å²) in [6, 6.07) is 9.78. The predicted octanol–water partition coefficient (Wildman–Crippen LogP) is 0.872. The van der Waals surface area contributed by atoms with Crippen molar-refractivity contribution in [3.8, 4) is 0 Å². The average Bonchev–Trinajstić information content (AvgIpc) is 2.76. The lowest BCUT2D eigenvalue weighted by molar-refractivity contribution is -0.128. The van der Waals surface area contributed by atoms with Crippen molar-refractivity contribution in [2.75, 3.05) is 12.3 Å². The van der Waals surface area contributed by atoms with Gasteiger partial charge in [0.1, 0.15) is 0 Å². The molecule has 0 spiro atoms. The first-order chi connectivity index (χ1) is 10.4. The van der Waals surface area contributed by atoms with Crippen LogP contribution in [0, 0.1) is 5.92 Å². The number of benzene rings is 1. The van der Waals surface area contributed by atoms with Crippen LogP contribution in [0.5, 0.6) is 0 Å². The second-order valence-electron chi connectivity index (χ2n) is 5.71. The van der Waals surface area contributed by atoms with Gasteiger partial charge in [0.05, 0.1) is 11.3 Å². The topological polar surface area (TPSA) is 93.4 Å². The van der Waals surface area contributed by atoms with Crippen LogP contribution in [0.4, 0.5) is 0 Å². The molecule has 0 saturated carbocycles. The first kappa shape index (κ1) is 14.9. The van der Waals surface area contributed by atoms with Crippen molar-refractivity contribution in [1.82, 2.24) is 9.88 Å². The highest BCUT2D eigenvalue weighted by Crippen LogP contribution is 2.22. The third-order valence-corrected chi connectivity index (χ3v) is 4.72. The molecule has 2 N–H and O–H groups in total. The Morgan fingerprint density at radius 2 is 2.09 bits per heavy atom. The minimum absolute atomic E-state index is 0.0400. The van der Waals surface area contributed by atoms with Gasteiger partial charge in [0, 0.05) is 37.0 Å². The van der Waals surface area contributed by atoms with Gasteiger partial charge in [0.15, 0.2) is 0 Å². The van der Waals surface area contributed by atoms with Crippen LogP contribution >= 0.6 is 0 Å². The van der Waals surface area contributed by atoms with E-state index >= 15 is 0 Å². The molecule has 0 radical (unpaired) electrons. The van der Waals surface area contributed by atoms with Gasteiger partial charge >= 0.3 is 0 Å². The molecule has 0 aliphatic carbocycles. The molecule has 7 heteroatoms. The number of hydrogen-bond donors (Lipinski definition) is 1. The van der Waals surface area contributed by atoms with Crippen molar-refractivity contribution in [3.05, 3.63) is 42.1 Å². The molecule has 0 bridgehead atoms. The van der Waals surface area contributed by atoms with Crippen molar-refractivity contribution in [1.29, 1.82) is 0 Å². The second-order valence-corrected chi connectivity index (χ2v) is 7.37. The van der Waals surface area contributed by atoms with Gasteiger partial charge in [-0.3, -0.25) is 9.78 Å². The van der Waals surface area contributed by atoms with Crippen LogP contribution in [-0.4, -0.2) is 36.5 Å². The van der Waals surface area contributed by atoms with E-state index < -0.39 is 10.0 Å². The van der Waals surface area contributed by atoms with E-state index in [1.807, 2.05) is 30.3 Å². The van der Waals surface area contributed by atoms with E-state index in [0.29, 0.717) is 13.1 Å². The van der Waals surface area contributed by atoms with Crippen molar-refractivity contribution >= 4 is 26.8 Å². The minimum atomic E-state index is -3.55. The van der Waals surface area contributed by atoms with Gasteiger partial charge in [-0.2, -0.15) is 0 Å². The van der Waals surface area contributed by atoms with Crippen molar-refractivity contribution < 1.29 is 13.2 Å². The Balaban J connectivity index is 1.73. The van der Waals surface area contributed by atoms with E-state index in [9.17, 15) is 13.2 Å². The minimum Gasteiger partial charge on any atom is -0.338 e. The molecule has 1 unspecified atom stereocenters. The lowest BCUT2D eigenvalue weighted by Gasteiger charge is -2.16. The smallest absolute Gasteiger partial charge is 0.223 e. The van der Waals surface area contributed by atoms with Gasteiger partial charge in [-0.15, -0.1) is 0 Å². The maximum Gasteiger partial charge on any atom is 0.223 e. The number of rotatable bonds is 4. The number of nitrogens with zero attached hydrogens (tertiary/aromatic N) is 2. The fourth-order valence-electron chi connectivity index (χ4n) is 2.87. The van der Waals surface area contributed by atoms with Crippen LogP contribution in [0.1, 0.15) is 12.0 Å². The maximum absolute atomic E-state index is 12.0. The Bertz CT molecular complexity index is 820. The SMILES string of the molecule is NS(=O)(=O)CC1CC(=O)N(Cc2cnc3ccccc3c2)C1. The lowest BCUT2D eigenvalue weighted by Crippen LogP contribution is -2.27. The summed E-state index contributed by atoms with van der Waals surface area (Å²) in [4.78, 5) is 18.0. The van der Waals surface area contributed by atoms with Crippen LogP contribution in [-0.2, 0) is 21.4 Å². The zero-order valence-electron chi connectivity index (χ0n) is 12.0. The number of likely N-dealkylation sites (tertiary alicyclic amines) is 1. The Hall–Kier alpha value is -1.99. The molecule has 2 heterocycles. The van der Waals surface area contributed by atoms with Crippen LogP contribution in [0.2, 0.25) is 0 Å². The Morgan fingerprint density at radius 1 is 1.32 bits per heavy atom. The first-order valence-corrected chi connectivity index (χ1v) is 8.74. The number of aromatic nitrogens is 1. The molecule has 1 aromatic heterocycles. The fourth-order valence-corrected chi connectivity index (χ4v) is 3.75. The molecule has 6 nitrogen and oxygen atoms in total. The van der Waals surface area contributed by atoms with Gasteiger partial charge in [-0.05, 0) is 17.7 Å². The predicted molar refractivity (Wildman–Crippen MR) is 83.2 cm³/mol. The number of primary sulfonamides is 1. The third kappa shape index (κ3) is 3.42. The van der Waals surface area contributed by atoms with E-state index in [1.165, 1.54) is 0 Å². The molecule has 1 aromatic carbocycles. The summed E-state index contributed by atoms with van der Waals surface area (Å²) in [6.45, 7) is 0.861. The van der Waals surface area contributed by atoms with Crippen molar-refractivity contribution in [3.63, 3.8) is 0 Å². The molecule has 3 rings (SSSR count). The fraction of sp³-hybridized carbons (Fsp3) is 0.333. The number of para-hydroxylation sites is 1. The summed E-state index contributed by atoms with van der Waals surface area (Å²) in [6.07, 6.45) is 1.99. The number of hydrogen-bond acceptors (Lipinski definition) is 4. The van der Waals surface area contributed by atoms with E-state index in [1.54, 1.807) is 11.1 Å². The number of nitrogens with two attached hydrogens (primary N) is 1. The number of fused-ring (bicyclic) bond motifs is 1. The van der Waals surface area contributed by atoms with Crippen molar-refractivity contribution in [2.24, 2.45) is 11.1 Å². The molecular formula is C15H17N3O3S. The zero-order chi connectivity index (χ0) is 15.7. The summed E-state index contributed by atoms with van der Waals surface area (Å²) < 4.78 is 22.3. The highest BCUT2D eigenvalue weighted by molar-refractivity contribution is 7.89. The molecule has 22 heavy (non-hydrogen) atoms. The van der Waals surface area contributed by atoms with E-state index in [0.717, 1.165) is 16.5 Å². The molecule has 1 aliphatic heterocycles. The van der Waals surface area contributed by atoms with Gasteiger partial charge in [-0.25, -0.2) is 13.6 Å². The monoisotopic (exact) mass is 319 g/mol. The molecule has 1 saturated heterocycles. The first-order valence-electron chi connectivity index (χ1n) is 7.02. The van der Waals surface area contributed by atoms with Gasteiger partial charge in [0.25, 0.3) is 0 Å². The summed E-state index contributed by atoms with van der Waals surface area (Å²) in [5.41, 5.74) is 1.84. The number of carbonyl (C=O) groups is 1. The van der Waals surface area contributed by atoms with Gasteiger partial charge in [-0.1, -0.05) is 18.2 Å². The summed E-state index contributed by atoms with van der Waals surface area (Å²) >= 11 is 0. The number of pyridine rings is 1. The maximum atomic E-state index is 12.0. The average molecular weight is 319 g/mol. The normalized spacial score (nSPS) is 19.0. The highest BCUT2D eigenvalue weighted by Gasteiger charge is 2.31. The largest absolute Gasteiger partial charge is 0.338 e. The van der Waals surface area contributed by atoms with E-state index in [2.05, 4.69) is 4.98 Å². The molecule has 2 aromatic rings. The van der Waals surface area contributed by atoms with E-state index in [-0.39, 0.29) is 24.0 Å². The van der Waals surface area contributed by atoms with Gasteiger partial charge in [0.2, 0.25) is 15.9 Å². The Morgan fingerprint density at radius 3 is 2.86 bits per heavy atom. The summed E-state index contributed by atoms with van der Waals surface area (Å²) in [5, 5.41) is 6.07. The summed E-state index contributed by atoms with van der Waals surface area (Å²) in [5.74, 6) is -0.414. The van der Waals surface area contributed by atoms with Crippen molar-refractivity contribution in [2.45, 2.75) is 13.0 Å². The quantitative estimate of drug-likeness (QED) is 0.905. The van der Waals surface area contributed by atoms with Crippen LogP contribution in [0.25, 0.3) is 10.9 Å². The number of carbonyl (C=O) groups excluding carboxylic acids is 1. The molecule has 116 valence electrons. The molecule has 1 atom stereocenters. The molecular weight excluding hydrogens is 302 g/mol. The number of sulfonamides is 1.